The minimum absolute atomic E-state index is 1.21. The van der Waals surface area contributed by atoms with E-state index in [-0.39, 0.29) is 0 Å². The summed E-state index contributed by atoms with van der Waals surface area (Å²) < 4.78 is 0. The molecule has 0 aliphatic carbocycles. The molecule has 1 aromatic rings. The summed E-state index contributed by atoms with van der Waals surface area (Å²) in [5.41, 5.74) is 1.49. The SMILES string of the molecule is CCN(CC)CCCCCCCCCCc1ccccc1. The Morgan fingerprint density at radius 1 is 0.667 bits per heavy atom. The first-order valence-electron chi connectivity index (χ1n) is 9.13. The highest BCUT2D eigenvalue weighted by molar-refractivity contribution is 5.14. The van der Waals surface area contributed by atoms with Crippen molar-refractivity contribution in [2.75, 3.05) is 19.6 Å². The van der Waals surface area contributed by atoms with E-state index in [0.29, 0.717) is 0 Å². The molecule has 0 spiro atoms. The largest absolute Gasteiger partial charge is 0.304 e. The quantitative estimate of drug-likeness (QED) is 0.421. The third-order valence-corrected chi connectivity index (χ3v) is 4.43. The molecule has 1 nitrogen and oxygen atoms in total. The maximum atomic E-state index is 2.53. The summed E-state index contributed by atoms with van der Waals surface area (Å²) in [6, 6.07) is 10.9. The van der Waals surface area contributed by atoms with Crippen LogP contribution in [0.4, 0.5) is 0 Å². The van der Waals surface area contributed by atoms with Crippen molar-refractivity contribution in [3.05, 3.63) is 35.9 Å². The molecule has 0 aliphatic heterocycles. The second kappa shape index (κ2) is 12.9. The van der Waals surface area contributed by atoms with Crippen molar-refractivity contribution in [1.29, 1.82) is 0 Å². The van der Waals surface area contributed by atoms with Gasteiger partial charge in [0.05, 0.1) is 0 Å². The molecule has 0 aromatic heterocycles. The molecule has 0 amide bonds. The summed E-state index contributed by atoms with van der Waals surface area (Å²) in [6.45, 7) is 8.23. The first-order valence-corrected chi connectivity index (χ1v) is 9.13. The second-order valence-electron chi connectivity index (χ2n) is 6.09. The van der Waals surface area contributed by atoms with Gasteiger partial charge in [-0.2, -0.15) is 0 Å². The van der Waals surface area contributed by atoms with E-state index in [1.807, 2.05) is 0 Å². The molecular formula is C20H35N. The van der Waals surface area contributed by atoms with Gasteiger partial charge >= 0.3 is 0 Å². The highest BCUT2D eigenvalue weighted by Crippen LogP contribution is 2.11. The molecule has 0 heterocycles. The van der Waals surface area contributed by atoms with E-state index in [9.17, 15) is 0 Å². The Hall–Kier alpha value is -0.820. The molecule has 120 valence electrons. The van der Waals surface area contributed by atoms with E-state index in [4.69, 9.17) is 0 Å². The first-order chi connectivity index (χ1) is 10.4. The fraction of sp³-hybridized carbons (Fsp3) is 0.700. The number of benzene rings is 1. The van der Waals surface area contributed by atoms with Crippen LogP contribution in [0.3, 0.4) is 0 Å². The van der Waals surface area contributed by atoms with Crippen molar-refractivity contribution in [3.8, 4) is 0 Å². The van der Waals surface area contributed by atoms with Gasteiger partial charge in [0.15, 0.2) is 0 Å². The molecule has 0 unspecified atom stereocenters. The van der Waals surface area contributed by atoms with Crippen LogP contribution in [0.25, 0.3) is 0 Å². The van der Waals surface area contributed by atoms with Gasteiger partial charge in [-0.05, 0) is 44.5 Å². The maximum absolute atomic E-state index is 2.53. The number of aryl methyl sites for hydroxylation is 1. The van der Waals surface area contributed by atoms with Crippen molar-refractivity contribution in [2.45, 2.75) is 71.6 Å². The van der Waals surface area contributed by atoms with Gasteiger partial charge in [-0.1, -0.05) is 82.7 Å². The zero-order valence-electron chi connectivity index (χ0n) is 14.3. The van der Waals surface area contributed by atoms with Crippen LogP contribution in [0.1, 0.15) is 70.8 Å². The number of hydrogen-bond acceptors (Lipinski definition) is 1. The normalized spacial score (nSPS) is 11.2. The van der Waals surface area contributed by atoms with E-state index in [1.165, 1.54) is 83.0 Å². The predicted molar refractivity (Wildman–Crippen MR) is 94.9 cm³/mol. The third-order valence-electron chi connectivity index (χ3n) is 4.43. The molecule has 0 fully saturated rings. The fourth-order valence-corrected chi connectivity index (χ4v) is 2.91. The van der Waals surface area contributed by atoms with Gasteiger partial charge in [0.2, 0.25) is 0 Å². The highest BCUT2D eigenvalue weighted by Gasteiger charge is 1.98. The lowest BCUT2D eigenvalue weighted by Crippen LogP contribution is -2.23. The Kier molecular flexibility index (Phi) is 11.2. The van der Waals surface area contributed by atoms with Crippen LogP contribution < -0.4 is 0 Å². The summed E-state index contributed by atoms with van der Waals surface area (Å²) in [5.74, 6) is 0. The molecule has 0 saturated heterocycles. The number of rotatable bonds is 13. The summed E-state index contributed by atoms with van der Waals surface area (Å²) in [4.78, 5) is 2.53. The van der Waals surface area contributed by atoms with Gasteiger partial charge in [-0.25, -0.2) is 0 Å². The Bertz CT molecular complexity index is 316. The predicted octanol–water partition coefficient (Wildman–Crippen LogP) is 5.69. The summed E-state index contributed by atoms with van der Waals surface area (Å²) in [6.07, 6.45) is 12.5. The lowest BCUT2D eigenvalue weighted by Gasteiger charge is -2.17. The van der Waals surface area contributed by atoms with Crippen molar-refractivity contribution in [1.82, 2.24) is 4.90 Å². The third kappa shape index (κ3) is 9.68. The summed E-state index contributed by atoms with van der Waals surface area (Å²) >= 11 is 0. The van der Waals surface area contributed by atoms with E-state index in [0.717, 1.165) is 0 Å². The molecular weight excluding hydrogens is 254 g/mol. The standard InChI is InChI=1S/C20H35N/c1-3-21(4-2)19-15-10-8-6-5-7-9-12-16-20-17-13-11-14-18-20/h11,13-14,17-18H,3-10,12,15-16,19H2,1-2H3. The molecule has 0 N–H and O–H groups in total. The second-order valence-corrected chi connectivity index (χ2v) is 6.09. The molecule has 1 heteroatoms. The molecule has 0 radical (unpaired) electrons. The summed E-state index contributed by atoms with van der Waals surface area (Å²) in [5, 5.41) is 0. The first kappa shape index (κ1) is 18.2. The maximum Gasteiger partial charge on any atom is -0.00190 e. The van der Waals surface area contributed by atoms with E-state index in [1.54, 1.807) is 0 Å². The molecule has 0 saturated carbocycles. The number of hydrogen-bond donors (Lipinski definition) is 0. The lowest BCUT2D eigenvalue weighted by molar-refractivity contribution is 0.295. The van der Waals surface area contributed by atoms with Crippen molar-refractivity contribution < 1.29 is 0 Å². The Morgan fingerprint density at radius 2 is 1.19 bits per heavy atom. The van der Waals surface area contributed by atoms with E-state index < -0.39 is 0 Å². The van der Waals surface area contributed by atoms with Gasteiger partial charge in [-0.3, -0.25) is 0 Å². The van der Waals surface area contributed by atoms with Crippen LogP contribution >= 0.6 is 0 Å². The molecule has 21 heavy (non-hydrogen) atoms. The van der Waals surface area contributed by atoms with Gasteiger partial charge in [0.1, 0.15) is 0 Å². The monoisotopic (exact) mass is 289 g/mol. The average Bonchev–Trinajstić information content (AvgIpc) is 2.54. The van der Waals surface area contributed by atoms with Crippen LogP contribution in [-0.2, 0) is 6.42 Å². The van der Waals surface area contributed by atoms with Crippen LogP contribution in [0.2, 0.25) is 0 Å². The Morgan fingerprint density at radius 3 is 1.76 bits per heavy atom. The molecule has 0 atom stereocenters. The molecule has 0 bridgehead atoms. The van der Waals surface area contributed by atoms with Crippen LogP contribution in [0.5, 0.6) is 0 Å². The highest BCUT2D eigenvalue weighted by atomic mass is 15.1. The fourth-order valence-electron chi connectivity index (χ4n) is 2.91. The zero-order valence-corrected chi connectivity index (χ0v) is 14.3. The minimum Gasteiger partial charge on any atom is -0.304 e. The van der Waals surface area contributed by atoms with Gasteiger partial charge in [-0.15, -0.1) is 0 Å². The molecule has 1 aromatic carbocycles. The molecule has 1 rings (SSSR count). The van der Waals surface area contributed by atoms with Crippen molar-refractivity contribution >= 4 is 0 Å². The Balaban J connectivity index is 1.82. The van der Waals surface area contributed by atoms with Crippen LogP contribution in [-0.4, -0.2) is 24.5 Å². The van der Waals surface area contributed by atoms with Crippen molar-refractivity contribution in [3.63, 3.8) is 0 Å². The zero-order chi connectivity index (χ0) is 15.2. The Labute approximate surface area is 132 Å². The van der Waals surface area contributed by atoms with Crippen LogP contribution in [0, 0.1) is 0 Å². The number of nitrogens with zero attached hydrogens (tertiary/aromatic N) is 1. The topological polar surface area (TPSA) is 3.24 Å². The lowest BCUT2D eigenvalue weighted by atomic mass is 10.0. The van der Waals surface area contributed by atoms with E-state index >= 15 is 0 Å². The minimum atomic E-state index is 1.21. The summed E-state index contributed by atoms with van der Waals surface area (Å²) in [7, 11) is 0. The van der Waals surface area contributed by atoms with Crippen LogP contribution in [0.15, 0.2) is 30.3 Å². The van der Waals surface area contributed by atoms with Crippen molar-refractivity contribution in [2.24, 2.45) is 0 Å². The van der Waals surface area contributed by atoms with Gasteiger partial charge < -0.3 is 4.90 Å². The average molecular weight is 290 g/mol. The smallest absolute Gasteiger partial charge is 0.00190 e. The molecule has 0 aliphatic rings. The van der Waals surface area contributed by atoms with Gasteiger partial charge in [0.25, 0.3) is 0 Å². The van der Waals surface area contributed by atoms with Gasteiger partial charge in [0, 0.05) is 0 Å². The number of unbranched alkanes of at least 4 members (excludes halogenated alkanes) is 7. The van der Waals surface area contributed by atoms with E-state index in [2.05, 4.69) is 49.1 Å².